The zero-order chi connectivity index (χ0) is 16.4. The minimum absolute atomic E-state index is 0.0926. The molecule has 120 valence electrons. The van der Waals surface area contributed by atoms with E-state index in [1.807, 2.05) is 4.72 Å². The molecule has 0 aliphatic heterocycles. The largest absolute Gasteiger partial charge is 0.478 e. The maximum Gasteiger partial charge on any atom is 0.441 e. The summed E-state index contributed by atoms with van der Waals surface area (Å²) >= 11 is -0.377. The van der Waals surface area contributed by atoms with E-state index >= 15 is 0 Å². The topological polar surface area (TPSA) is 96.6 Å². The van der Waals surface area contributed by atoms with Gasteiger partial charge in [0.1, 0.15) is 22.0 Å². The number of alkyl halides is 3. The molecule has 11 heteroatoms. The molecule has 0 amide bonds. The molecule has 0 atom stereocenters. The average Bonchev–Trinajstić information content (AvgIpc) is 2.59. The van der Waals surface area contributed by atoms with Crippen molar-refractivity contribution in [2.24, 2.45) is 0 Å². The van der Waals surface area contributed by atoms with Gasteiger partial charge in [0.15, 0.2) is 0 Å². The third-order valence-corrected chi connectivity index (χ3v) is 4.70. The van der Waals surface area contributed by atoms with Crippen molar-refractivity contribution in [2.45, 2.75) is 24.3 Å². The summed E-state index contributed by atoms with van der Waals surface area (Å²) in [5, 5.41) is 9.00. The molecule has 1 heterocycles. The molecule has 0 aromatic carbocycles. The number of hydrogen-bond acceptors (Lipinski definition) is 5. The van der Waals surface area contributed by atoms with Crippen LogP contribution in [0.1, 0.15) is 21.9 Å². The number of sulfonamides is 1. The van der Waals surface area contributed by atoms with Gasteiger partial charge < -0.3 is 9.52 Å². The smallest absolute Gasteiger partial charge is 0.441 e. The number of halogens is 3. The molecule has 6 nitrogen and oxygen atoms in total. The van der Waals surface area contributed by atoms with Gasteiger partial charge in [-0.2, -0.15) is 13.2 Å². The molecule has 0 saturated heterocycles. The number of aromatic carboxylic acids is 1. The molecule has 1 aromatic rings. The lowest BCUT2D eigenvalue weighted by Gasteiger charge is -2.08. The van der Waals surface area contributed by atoms with Crippen LogP contribution in [-0.2, 0) is 10.0 Å². The lowest BCUT2D eigenvalue weighted by Crippen LogP contribution is -2.28. The lowest BCUT2D eigenvalue weighted by molar-refractivity contribution is -0.0327. The number of furan rings is 1. The summed E-state index contributed by atoms with van der Waals surface area (Å²) in [6.07, 6.45) is 0. The van der Waals surface area contributed by atoms with Gasteiger partial charge in [0.2, 0.25) is 10.0 Å². The van der Waals surface area contributed by atoms with Gasteiger partial charge in [0.25, 0.3) is 0 Å². The number of carboxylic acids is 1. The van der Waals surface area contributed by atoms with Crippen molar-refractivity contribution < 1.29 is 35.9 Å². The molecule has 0 aliphatic rings. The Hall–Kier alpha value is -1.20. The van der Waals surface area contributed by atoms with Crippen LogP contribution in [0.3, 0.4) is 0 Å². The number of nitrogens with one attached hydrogen (secondary N) is 1. The maximum atomic E-state index is 12.0. The SMILES string of the molecule is Cc1oc(C)c(S(=O)(=O)NCCSC(F)(F)F)c1C(=O)O. The van der Waals surface area contributed by atoms with Gasteiger partial charge in [-0.05, 0) is 25.6 Å². The van der Waals surface area contributed by atoms with Crippen LogP contribution in [0.25, 0.3) is 0 Å². The molecule has 0 saturated carbocycles. The average molecular weight is 347 g/mol. The molecule has 2 N–H and O–H groups in total. The van der Waals surface area contributed by atoms with Crippen LogP contribution >= 0.6 is 11.8 Å². The molecule has 1 aromatic heterocycles. The molecule has 21 heavy (non-hydrogen) atoms. The molecule has 0 fully saturated rings. The molecule has 0 aliphatic carbocycles. The standard InChI is InChI=1S/C10H12F3NO5S2/c1-5-7(9(15)16)8(6(2)19-5)21(17,18)14-3-4-20-10(11,12)13/h14H,3-4H2,1-2H3,(H,15,16). The van der Waals surface area contributed by atoms with Gasteiger partial charge >= 0.3 is 11.5 Å². The summed E-state index contributed by atoms with van der Waals surface area (Å²) in [6, 6.07) is 0. The van der Waals surface area contributed by atoms with Crippen molar-refractivity contribution in [3.8, 4) is 0 Å². The fraction of sp³-hybridized carbons (Fsp3) is 0.500. The van der Waals surface area contributed by atoms with Crippen molar-refractivity contribution in [3.05, 3.63) is 17.1 Å². The van der Waals surface area contributed by atoms with E-state index in [1.165, 1.54) is 13.8 Å². The summed E-state index contributed by atoms with van der Waals surface area (Å²) in [4.78, 5) is 10.5. The fourth-order valence-corrected chi connectivity index (χ4v) is 3.65. The fourth-order valence-electron chi connectivity index (χ4n) is 1.65. The van der Waals surface area contributed by atoms with Crippen molar-refractivity contribution in [3.63, 3.8) is 0 Å². The van der Waals surface area contributed by atoms with Crippen LogP contribution in [0.5, 0.6) is 0 Å². The van der Waals surface area contributed by atoms with Gasteiger partial charge in [0.05, 0.1) is 0 Å². The Morgan fingerprint density at radius 2 is 1.90 bits per heavy atom. The van der Waals surface area contributed by atoms with Crippen LogP contribution < -0.4 is 4.72 Å². The maximum absolute atomic E-state index is 12.0. The molecular weight excluding hydrogens is 335 g/mol. The van der Waals surface area contributed by atoms with Crippen molar-refractivity contribution >= 4 is 27.8 Å². The van der Waals surface area contributed by atoms with Crippen LogP contribution in [0.2, 0.25) is 0 Å². The van der Waals surface area contributed by atoms with E-state index < -0.39 is 44.3 Å². The van der Waals surface area contributed by atoms with Crippen LogP contribution in [0, 0.1) is 13.8 Å². The van der Waals surface area contributed by atoms with E-state index in [0.717, 1.165) is 0 Å². The Bertz CT molecular complexity index is 636. The van der Waals surface area contributed by atoms with Gasteiger partial charge in [-0.25, -0.2) is 17.9 Å². The quantitative estimate of drug-likeness (QED) is 0.765. The van der Waals surface area contributed by atoms with Crippen molar-refractivity contribution in [1.29, 1.82) is 0 Å². The van der Waals surface area contributed by atoms with Crippen LogP contribution in [0.15, 0.2) is 9.31 Å². The van der Waals surface area contributed by atoms with Crippen molar-refractivity contribution in [2.75, 3.05) is 12.3 Å². The van der Waals surface area contributed by atoms with Crippen molar-refractivity contribution in [1.82, 2.24) is 4.72 Å². The number of carboxylic acid groups (broad SMARTS) is 1. The Balaban J connectivity index is 2.92. The predicted octanol–water partition coefficient (Wildman–Crippen LogP) is 2.13. The molecule has 1 rings (SSSR count). The third-order valence-electron chi connectivity index (χ3n) is 2.35. The van der Waals surface area contributed by atoms with Gasteiger partial charge in [-0.1, -0.05) is 0 Å². The molecule has 0 radical (unpaired) electrons. The van der Waals surface area contributed by atoms with E-state index in [9.17, 15) is 26.4 Å². The summed E-state index contributed by atoms with van der Waals surface area (Å²) in [6.45, 7) is 2.06. The van der Waals surface area contributed by atoms with E-state index in [4.69, 9.17) is 9.52 Å². The monoisotopic (exact) mass is 347 g/mol. The highest BCUT2D eigenvalue weighted by Crippen LogP contribution is 2.30. The summed E-state index contributed by atoms with van der Waals surface area (Å²) in [5.74, 6) is -2.25. The first-order valence-corrected chi connectivity index (χ1v) is 7.96. The first kappa shape index (κ1) is 17.9. The Labute approximate surface area is 122 Å². The lowest BCUT2D eigenvalue weighted by atomic mass is 10.2. The second kappa shape index (κ2) is 6.28. The number of aryl methyl sites for hydroxylation is 2. The second-order valence-corrected chi connectivity index (χ2v) is 6.78. The summed E-state index contributed by atoms with van der Waals surface area (Å²) < 4.78 is 66.7. The minimum atomic E-state index is -4.46. The Morgan fingerprint density at radius 1 is 1.33 bits per heavy atom. The zero-order valence-corrected chi connectivity index (χ0v) is 12.6. The highest BCUT2D eigenvalue weighted by atomic mass is 32.2. The third kappa shape index (κ3) is 4.64. The second-order valence-electron chi connectivity index (χ2n) is 3.92. The molecule has 0 bridgehead atoms. The van der Waals surface area contributed by atoms with E-state index in [-0.39, 0.29) is 23.3 Å². The Morgan fingerprint density at radius 3 is 2.38 bits per heavy atom. The molecule has 0 unspecified atom stereocenters. The van der Waals surface area contributed by atoms with Crippen LogP contribution in [-0.4, -0.2) is 37.3 Å². The van der Waals surface area contributed by atoms with Gasteiger partial charge in [0, 0.05) is 12.3 Å². The highest BCUT2D eigenvalue weighted by Gasteiger charge is 2.31. The summed E-state index contributed by atoms with van der Waals surface area (Å²) in [5.41, 5.74) is -4.98. The first-order chi connectivity index (χ1) is 9.46. The number of hydrogen-bond donors (Lipinski definition) is 2. The van der Waals surface area contributed by atoms with Crippen LogP contribution in [0.4, 0.5) is 13.2 Å². The van der Waals surface area contributed by atoms with Gasteiger partial charge in [-0.3, -0.25) is 0 Å². The zero-order valence-electron chi connectivity index (χ0n) is 10.9. The first-order valence-electron chi connectivity index (χ1n) is 5.49. The van der Waals surface area contributed by atoms with Gasteiger partial charge in [-0.15, -0.1) is 0 Å². The highest BCUT2D eigenvalue weighted by molar-refractivity contribution is 8.00. The predicted molar refractivity (Wildman–Crippen MR) is 68.8 cm³/mol. The van der Waals surface area contributed by atoms with E-state index in [2.05, 4.69) is 0 Å². The molecule has 0 spiro atoms. The molecular formula is C10H12F3NO5S2. The Kier molecular flexibility index (Phi) is 5.34. The number of carbonyl (C=O) groups is 1. The number of thioether (sulfide) groups is 1. The van der Waals surface area contributed by atoms with E-state index in [0.29, 0.717) is 0 Å². The summed E-state index contributed by atoms with van der Waals surface area (Å²) in [7, 11) is -4.27. The van der Waals surface area contributed by atoms with E-state index in [1.54, 1.807) is 0 Å². The normalized spacial score (nSPS) is 12.6. The number of rotatable bonds is 6. The minimum Gasteiger partial charge on any atom is -0.478 e.